The van der Waals surface area contributed by atoms with Gasteiger partial charge in [-0.3, -0.25) is 19.7 Å². The fourth-order valence-corrected chi connectivity index (χ4v) is 11.0. The Morgan fingerprint density at radius 3 is 2.43 bits per heavy atom. The first-order chi connectivity index (χ1) is 33.2. The quantitative estimate of drug-likeness (QED) is 0.0216. The molecule has 4 aliphatic rings. The van der Waals surface area contributed by atoms with Crippen LogP contribution in [0.5, 0.6) is 17.2 Å². The van der Waals surface area contributed by atoms with Crippen LogP contribution in [0.15, 0.2) is 96.2 Å². The van der Waals surface area contributed by atoms with Gasteiger partial charge in [0.2, 0.25) is 11.7 Å². The third kappa shape index (κ3) is 12.0. The molecule has 0 spiro atoms. The van der Waals surface area contributed by atoms with Gasteiger partial charge in [-0.15, -0.1) is 6.58 Å². The number of unbranched alkanes of at least 4 members (excludes halogenated alkanes) is 2. The number of nitrogens with zero attached hydrogens (tertiary/aromatic N) is 3. The highest BCUT2D eigenvalue weighted by molar-refractivity contribution is 6.03. The van der Waals surface area contributed by atoms with Crippen LogP contribution in [0.4, 0.5) is 5.69 Å². The number of nitro benzene ring substituents is 1. The molecule has 15 nitrogen and oxygen atoms in total. The summed E-state index contributed by atoms with van der Waals surface area (Å²) < 4.78 is 26.9. The Hall–Kier alpha value is -5.45. The molecule has 3 aromatic rings. The topological polar surface area (TPSA) is 200 Å². The van der Waals surface area contributed by atoms with Crippen molar-refractivity contribution >= 4 is 23.6 Å². The minimum Gasteiger partial charge on any atom is -0.459 e. The molecule has 0 aromatic heterocycles. The van der Waals surface area contributed by atoms with Crippen LogP contribution in [0.25, 0.3) is 0 Å². The number of hydrogen-bond donors (Lipinski definition) is 3. The molecule has 3 N–H and O–H groups in total. The Morgan fingerprint density at radius 1 is 0.941 bits per heavy atom. The molecule has 3 aromatic carbocycles. The second-order valence-corrected chi connectivity index (χ2v) is 18.4. The number of aliphatic hydroxyl groups excluding tert-OH is 3. The monoisotopic (exact) mass is 937 g/mol. The van der Waals surface area contributed by atoms with Gasteiger partial charge in [-0.05, 0) is 103 Å². The number of carbonyl (C=O) groups excluding carboxylic acids is 2. The number of hydrogen-bond acceptors (Lipinski definition) is 13. The standard InChI is InChI=1S/C53H67N3O12/c1-2-28-65-53-49(55(24-29-64-30-27-59)50(61)23-18-37-10-3-4-11-37)34-47(54-66-36-38-16-19-41(20-17-38)56(62)63)45-32-40(13-5-7-25-57)44(15-6-8-26-58)51(52(45)53)46-33-43(21-22-48(46)68-53)67-42-14-9-12-39(31-42)35-60/h2,9,12,14,16-17,19-22,31-33,35,37,40,44,49,51-52,57-59H,1,3-8,10-11,13,15,18,23-30,34,36H2. The zero-order valence-electron chi connectivity index (χ0n) is 39.0. The molecule has 1 heterocycles. The van der Waals surface area contributed by atoms with Crippen LogP contribution in [0.1, 0.15) is 111 Å². The fourth-order valence-electron chi connectivity index (χ4n) is 11.0. The van der Waals surface area contributed by atoms with E-state index >= 15 is 4.79 Å². The maximum absolute atomic E-state index is 15.0. The molecule has 1 aliphatic heterocycles. The molecule has 7 rings (SSSR count). The highest BCUT2D eigenvalue weighted by atomic mass is 16.7. The number of non-ortho nitro benzene ring substituents is 1. The molecule has 6 unspecified atom stereocenters. The molecular weight excluding hydrogens is 871 g/mol. The van der Waals surface area contributed by atoms with Gasteiger partial charge in [-0.1, -0.05) is 68.0 Å². The van der Waals surface area contributed by atoms with Crippen molar-refractivity contribution < 1.29 is 53.6 Å². The van der Waals surface area contributed by atoms with Crippen LogP contribution in [-0.2, 0) is 25.7 Å². The summed E-state index contributed by atoms with van der Waals surface area (Å²) >= 11 is 0. The largest absolute Gasteiger partial charge is 0.459 e. The van der Waals surface area contributed by atoms with Gasteiger partial charge in [0.05, 0.1) is 43.0 Å². The fraction of sp³-hybridized carbons (Fsp3) is 0.528. The van der Waals surface area contributed by atoms with E-state index in [1.165, 1.54) is 12.1 Å². The van der Waals surface area contributed by atoms with Crippen molar-refractivity contribution in [1.29, 1.82) is 0 Å². The summed E-state index contributed by atoms with van der Waals surface area (Å²) in [5.74, 6) is -0.415. The number of amides is 1. The Morgan fingerprint density at radius 2 is 1.71 bits per heavy atom. The summed E-state index contributed by atoms with van der Waals surface area (Å²) in [6.07, 6.45) is 14.7. The van der Waals surface area contributed by atoms with Crippen LogP contribution in [0.3, 0.4) is 0 Å². The number of allylic oxidation sites excluding steroid dienone is 1. The Balaban J connectivity index is 1.41. The van der Waals surface area contributed by atoms with Gasteiger partial charge in [0.25, 0.3) is 5.69 Å². The van der Waals surface area contributed by atoms with Gasteiger partial charge < -0.3 is 44.0 Å². The first-order valence-corrected chi connectivity index (χ1v) is 24.4. The number of fused-ring (bicyclic) bond motifs is 2. The molecule has 2 fully saturated rings. The second-order valence-electron chi connectivity index (χ2n) is 18.4. The van der Waals surface area contributed by atoms with Crippen molar-refractivity contribution in [2.45, 2.75) is 108 Å². The predicted octanol–water partition coefficient (Wildman–Crippen LogP) is 8.84. The van der Waals surface area contributed by atoms with E-state index in [2.05, 4.69) is 12.7 Å². The van der Waals surface area contributed by atoms with Crippen LogP contribution >= 0.6 is 0 Å². The third-order valence-corrected chi connectivity index (χ3v) is 14.1. The van der Waals surface area contributed by atoms with Crippen LogP contribution in [0.2, 0.25) is 0 Å². The zero-order chi connectivity index (χ0) is 47.9. The van der Waals surface area contributed by atoms with E-state index < -0.39 is 22.7 Å². The van der Waals surface area contributed by atoms with E-state index in [1.807, 2.05) is 23.1 Å². The highest BCUT2D eigenvalue weighted by Gasteiger charge is 2.65. The average Bonchev–Trinajstić information content (AvgIpc) is 3.88. The molecule has 366 valence electrons. The molecule has 0 bridgehead atoms. The normalized spacial score (nSPS) is 23.5. The van der Waals surface area contributed by atoms with Crippen molar-refractivity contribution in [2.24, 2.45) is 28.8 Å². The molecule has 68 heavy (non-hydrogen) atoms. The lowest BCUT2D eigenvalue weighted by Gasteiger charge is -2.60. The van der Waals surface area contributed by atoms with Crippen LogP contribution < -0.4 is 9.47 Å². The molecule has 1 amide bonds. The summed E-state index contributed by atoms with van der Waals surface area (Å²) in [5.41, 5.74) is 3.47. The van der Waals surface area contributed by atoms with Gasteiger partial charge in [0, 0.05) is 61.8 Å². The van der Waals surface area contributed by atoms with E-state index in [4.69, 9.17) is 28.9 Å². The number of rotatable bonds is 27. The zero-order valence-corrected chi connectivity index (χ0v) is 39.0. The van der Waals surface area contributed by atoms with Crippen LogP contribution in [0, 0.1) is 33.8 Å². The van der Waals surface area contributed by atoms with Gasteiger partial charge in [0.1, 0.15) is 36.2 Å². The molecular formula is C53H67N3O12. The summed E-state index contributed by atoms with van der Waals surface area (Å²) in [5, 5.41) is 46.0. The van der Waals surface area contributed by atoms with Crippen molar-refractivity contribution in [3.05, 3.63) is 118 Å². The van der Waals surface area contributed by atoms with E-state index in [0.29, 0.717) is 59.3 Å². The summed E-state index contributed by atoms with van der Waals surface area (Å²) in [7, 11) is 0. The van der Waals surface area contributed by atoms with E-state index in [9.17, 15) is 30.2 Å². The molecule has 6 atom stereocenters. The van der Waals surface area contributed by atoms with Crippen molar-refractivity contribution in [1.82, 2.24) is 4.90 Å². The number of ether oxygens (including phenoxy) is 4. The number of carbonyl (C=O) groups is 2. The average molecular weight is 938 g/mol. The first kappa shape index (κ1) is 50.4. The number of nitro groups is 1. The summed E-state index contributed by atoms with van der Waals surface area (Å²) in [6.45, 7) is 4.55. The maximum Gasteiger partial charge on any atom is 0.269 e. The van der Waals surface area contributed by atoms with E-state index in [-0.39, 0.29) is 88.6 Å². The molecule has 2 saturated carbocycles. The molecule has 0 radical (unpaired) electrons. The Bertz CT molecular complexity index is 2230. The van der Waals surface area contributed by atoms with Gasteiger partial charge in [0.15, 0.2) is 0 Å². The minimum atomic E-state index is -1.49. The Kier molecular flexibility index (Phi) is 18.3. The maximum atomic E-state index is 15.0. The summed E-state index contributed by atoms with van der Waals surface area (Å²) in [6, 6.07) is 18.0. The lowest BCUT2D eigenvalue weighted by molar-refractivity contribution is -0.384. The Labute approximate surface area is 398 Å². The van der Waals surface area contributed by atoms with Crippen molar-refractivity contribution in [3.8, 4) is 17.2 Å². The van der Waals surface area contributed by atoms with Crippen molar-refractivity contribution in [3.63, 3.8) is 0 Å². The molecule has 3 aliphatic carbocycles. The molecule has 0 saturated heterocycles. The van der Waals surface area contributed by atoms with Crippen molar-refractivity contribution in [2.75, 3.05) is 46.2 Å². The smallest absolute Gasteiger partial charge is 0.269 e. The van der Waals surface area contributed by atoms with Gasteiger partial charge in [-0.25, -0.2) is 0 Å². The summed E-state index contributed by atoms with van der Waals surface area (Å²) in [4.78, 5) is 45.7. The number of aldehydes is 1. The minimum absolute atomic E-state index is 0.0131. The first-order valence-electron chi connectivity index (χ1n) is 24.4. The predicted molar refractivity (Wildman–Crippen MR) is 256 cm³/mol. The SMILES string of the molecule is C=CCOC12Oc3ccc(Oc4cccc(C=O)c4)cc3C3C(CCCCO)C(CCCCO)C=C(C(=NOCc4ccc([N+](=O)[O-])cc4)CC1N(CCOCCO)C(=O)CCC1CCCC1)C32. The third-order valence-electron chi connectivity index (χ3n) is 14.1. The lowest BCUT2D eigenvalue weighted by atomic mass is 9.55. The van der Waals surface area contributed by atoms with E-state index in [1.54, 1.807) is 42.5 Å². The van der Waals surface area contributed by atoms with Gasteiger partial charge in [-0.2, -0.15) is 0 Å². The number of benzene rings is 3. The van der Waals surface area contributed by atoms with E-state index in [0.717, 1.165) is 75.2 Å². The number of aliphatic hydroxyl groups is 3. The van der Waals surface area contributed by atoms with Gasteiger partial charge >= 0.3 is 0 Å². The number of oxime groups is 1. The lowest BCUT2D eigenvalue weighted by Crippen LogP contribution is -2.70. The second kappa shape index (κ2) is 24.7. The van der Waals surface area contributed by atoms with Crippen LogP contribution in [-0.4, -0.2) is 101 Å². The molecule has 15 heteroatoms. The highest BCUT2D eigenvalue weighted by Crippen LogP contribution is 2.62.